The monoisotopic (exact) mass is 276 g/mol. The van der Waals surface area contributed by atoms with Gasteiger partial charge in [0.1, 0.15) is 0 Å². The van der Waals surface area contributed by atoms with Crippen molar-refractivity contribution >= 4 is 28.5 Å². The van der Waals surface area contributed by atoms with Crippen molar-refractivity contribution in [1.82, 2.24) is 0 Å². The standard InChI is InChI=1S/C11H7F3OS2/c1-6-2-3-7(16-6)8-4-5-9(17-8)10(15)11(12,13)14/h2-5H,1H3. The van der Waals surface area contributed by atoms with Crippen LogP contribution in [0.2, 0.25) is 0 Å². The molecule has 0 aliphatic heterocycles. The van der Waals surface area contributed by atoms with Crippen molar-refractivity contribution in [3.63, 3.8) is 0 Å². The number of rotatable bonds is 2. The molecule has 0 saturated heterocycles. The van der Waals surface area contributed by atoms with Crippen LogP contribution in [0.5, 0.6) is 0 Å². The van der Waals surface area contributed by atoms with E-state index >= 15 is 0 Å². The van der Waals surface area contributed by atoms with Crippen LogP contribution in [0.3, 0.4) is 0 Å². The zero-order valence-corrected chi connectivity index (χ0v) is 10.3. The molecule has 0 aliphatic rings. The minimum absolute atomic E-state index is 0.265. The minimum Gasteiger partial charge on any atom is -0.283 e. The molecule has 0 bridgehead atoms. The van der Waals surface area contributed by atoms with E-state index in [1.54, 1.807) is 6.07 Å². The Morgan fingerprint density at radius 1 is 1.06 bits per heavy atom. The van der Waals surface area contributed by atoms with Crippen molar-refractivity contribution in [1.29, 1.82) is 0 Å². The van der Waals surface area contributed by atoms with Crippen LogP contribution in [0.15, 0.2) is 24.3 Å². The first-order chi connectivity index (χ1) is 7.88. The molecule has 17 heavy (non-hydrogen) atoms. The number of carbonyl (C=O) groups excluding carboxylic acids is 1. The summed E-state index contributed by atoms with van der Waals surface area (Å²) in [7, 11) is 0. The van der Waals surface area contributed by atoms with Crippen LogP contribution in [0.25, 0.3) is 9.75 Å². The first-order valence-electron chi connectivity index (χ1n) is 4.66. The molecule has 0 N–H and O–H groups in total. The fourth-order valence-corrected chi connectivity index (χ4v) is 3.22. The number of ketones is 1. The Morgan fingerprint density at radius 2 is 1.65 bits per heavy atom. The van der Waals surface area contributed by atoms with Crippen molar-refractivity contribution in [2.75, 3.05) is 0 Å². The summed E-state index contributed by atoms with van der Waals surface area (Å²) in [6.07, 6.45) is -4.80. The molecule has 6 heteroatoms. The molecular weight excluding hydrogens is 269 g/mol. The molecule has 2 aromatic heterocycles. The Balaban J connectivity index is 2.31. The Kier molecular flexibility index (Phi) is 3.09. The second kappa shape index (κ2) is 4.27. The lowest BCUT2D eigenvalue weighted by Gasteiger charge is -2.01. The van der Waals surface area contributed by atoms with E-state index in [1.807, 2.05) is 19.1 Å². The number of halogens is 3. The van der Waals surface area contributed by atoms with Gasteiger partial charge < -0.3 is 0 Å². The van der Waals surface area contributed by atoms with Crippen LogP contribution in [0, 0.1) is 6.92 Å². The van der Waals surface area contributed by atoms with Crippen molar-refractivity contribution < 1.29 is 18.0 Å². The zero-order chi connectivity index (χ0) is 12.6. The molecule has 2 heterocycles. The average Bonchev–Trinajstić information content (AvgIpc) is 2.83. The highest BCUT2D eigenvalue weighted by Gasteiger charge is 2.40. The number of thiophene rings is 2. The highest BCUT2D eigenvalue weighted by Crippen LogP contribution is 2.35. The van der Waals surface area contributed by atoms with E-state index in [1.165, 1.54) is 17.4 Å². The van der Waals surface area contributed by atoms with E-state index in [9.17, 15) is 18.0 Å². The average molecular weight is 276 g/mol. The summed E-state index contributed by atoms with van der Waals surface area (Å²) in [5.41, 5.74) is 0. The fraction of sp³-hybridized carbons (Fsp3) is 0.182. The van der Waals surface area contributed by atoms with Crippen LogP contribution >= 0.6 is 22.7 Å². The van der Waals surface area contributed by atoms with Gasteiger partial charge in [0, 0.05) is 14.6 Å². The summed E-state index contributed by atoms with van der Waals surface area (Å²) >= 11 is 2.37. The summed E-state index contributed by atoms with van der Waals surface area (Å²) in [4.78, 5) is 13.4. The van der Waals surface area contributed by atoms with Crippen LogP contribution in [-0.2, 0) is 0 Å². The van der Waals surface area contributed by atoms with Crippen LogP contribution in [-0.4, -0.2) is 12.0 Å². The third kappa shape index (κ3) is 2.58. The van der Waals surface area contributed by atoms with Crippen LogP contribution in [0.4, 0.5) is 13.2 Å². The van der Waals surface area contributed by atoms with Crippen molar-refractivity contribution in [3.8, 4) is 9.75 Å². The fourth-order valence-electron chi connectivity index (χ4n) is 1.30. The smallest absolute Gasteiger partial charge is 0.283 e. The van der Waals surface area contributed by atoms with Gasteiger partial charge >= 0.3 is 6.18 Å². The predicted octanol–water partition coefficient (Wildman–Crippen LogP) is 4.53. The molecule has 0 amide bonds. The van der Waals surface area contributed by atoms with Gasteiger partial charge in [-0.1, -0.05) is 0 Å². The number of hydrogen-bond donors (Lipinski definition) is 0. The first kappa shape index (κ1) is 12.3. The summed E-state index contributed by atoms with van der Waals surface area (Å²) in [6, 6.07) is 6.51. The van der Waals surface area contributed by atoms with Gasteiger partial charge in [-0.05, 0) is 31.2 Å². The summed E-state index contributed by atoms with van der Waals surface area (Å²) in [5.74, 6) is -1.78. The van der Waals surface area contributed by atoms with Gasteiger partial charge in [-0.15, -0.1) is 22.7 Å². The maximum atomic E-state index is 12.2. The first-order valence-corrected chi connectivity index (χ1v) is 6.29. The van der Waals surface area contributed by atoms with E-state index in [-0.39, 0.29) is 4.88 Å². The largest absolute Gasteiger partial charge is 0.455 e. The van der Waals surface area contributed by atoms with E-state index < -0.39 is 12.0 Å². The molecule has 0 radical (unpaired) electrons. The molecule has 0 spiro atoms. The molecule has 0 aromatic carbocycles. The molecule has 90 valence electrons. The van der Waals surface area contributed by atoms with Gasteiger partial charge in [0.2, 0.25) is 0 Å². The zero-order valence-electron chi connectivity index (χ0n) is 8.67. The van der Waals surface area contributed by atoms with Crippen LogP contribution < -0.4 is 0 Å². The van der Waals surface area contributed by atoms with E-state index in [4.69, 9.17) is 0 Å². The lowest BCUT2D eigenvalue weighted by Crippen LogP contribution is -2.21. The highest BCUT2D eigenvalue weighted by atomic mass is 32.1. The molecule has 2 aromatic rings. The predicted molar refractivity (Wildman–Crippen MR) is 62.8 cm³/mol. The summed E-state index contributed by atoms with van der Waals surface area (Å²) in [6.45, 7) is 1.92. The van der Waals surface area contributed by atoms with Gasteiger partial charge in [-0.3, -0.25) is 4.79 Å². The second-order valence-electron chi connectivity index (χ2n) is 3.40. The normalized spacial score (nSPS) is 11.8. The van der Waals surface area contributed by atoms with Gasteiger partial charge in [0.25, 0.3) is 5.78 Å². The SMILES string of the molecule is Cc1ccc(-c2ccc(C(=O)C(F)(F)F)s2)s1. The molecule has 0 saturated carbocycles. The molecule has 0 fully saturated rings. The van der Waals surface area contributed by atoms with Gasteiger partial charge in [0.05, 0.1) is 4.88 Å². The summed E-state index contributed by atoms with van der Waals surface area (Å²) in [5, 5.41) is 0. The van der Waals surface area contributed by atoms with E-state index in [2.05, 4.69) is 0 Å². The summed E-state index contributed by atoms with van der Waals surface area (Å²) < 4.78 is 36.6. The van der Waals surface area contributed by atoms with Crippen LogP contribution in [0.1, 0.15) is 14.5 Å². The molecular formula is C11H7F3OS2. The highest BCUT2D eigenvalue weighted by molar-refractivity contribution is 7.23. The van der Waals surface area contributed by atoms with E-state index in [0.717, 1.165) is 21.1 Å². The third-order valence-electron chi connectivity index (χ3n) is 2.07. The number of carbonyl (C=O) groups is 1. The molecule has 2 rings (SSSR count). The Bertz CT molecular complexity index is 551. The van der Waals surface area contributed by atoms with Gasteiger partial charge in [-0.2, -0.15) is 13.2 Å². The number of aryl methyl sites for hydroxylation is 1. The number of Topliss-reactive ketones (excluding diaryl/α,β-unsaturated/α-hetero) is 1. The Labute approximate surface area is 104 Å². The van der Waals surface area contributed by atoms with Crippen molar-refractivity contribution in [2.24, 2.45) is 0 Å². The lowest BCUT2D eigenvalue weighted by atomic mass is 10.3. The molecule has 0 aliphatic carbocycles. The topological polar surface area (TPSA) is 17.1 Å². The quantitative estimate of drug-likeness (QED) is 0.736. The maximum absolute atomic E-state index is 12.2. The van der Waals surface area contributed by atoms with Gasteiger partial charge in [0.15, 0.2) is 0 Å². The molecule has 0 atom stereocenters. The van der Waals surface area contributed by atoms with Crippen molar-refractivity contribution in [3.05, 3.63) is 34.0 Å². The number of alkyl halides is 3. The lowest BCUT2D eigenvalue weighted by molar-refractivity contribution is -0.0882. The Morgan fingerprint density at radius 3 is 2.18 bits per heavy atom. The van der Waals surface area contributed by atoms with Crippen molar-refractivity contribution in [2.45, 2.75) is 13.1 Å². The number of hydrogen-bond acceptors (Lipinski definition) is 3. The third-order valence-corrected chi connectivity index (χ3v) is 4.35. The Hall–Kier alpha value is -1.14. The van der Waals surface area contributed by atoms with E-state index in [0.29, 0.717) is 4.88 Å². The minimum atomic E-state index is -4.80. The molecule has 1 nitrogen and oxygen atoms in total. The maximum Gasteiger partial charge on any atom is 0.455 e. The second-order valence-corrected chi connectivity index (χ2v) is 5.77. The molecule has 0 unspecified atom stereocenters. The van der Waals surface area contributed by atoms with Gasteiger partial charge in [-0.25, -0.2) is 0 Å².